The molecule has 2 aromatic rings. The number of aryl methyl sites for hydroxylation is 1. The molecule has 1 saturated heterocycles. The Labute approximate surface area is 190 Å². The molecule has 1 aliphatic heterocycles. The molecule has 1 heterocycles. The fraction of sp³-hybridized carbons (Fsp3) is 0.519. The molecule has 3 rings (SSSR count). The second-order valence-electron chi connectivity index (χ2n) is 9.52. The van der Waals surface area contributed by atoms with E-state index < -0.39 is 11.7 Å². The lowest BCUT2D eigenvalue weighted by Crippen LogP contribution is -2.39. The molecule has 2 nitrogen and oxygen atoms in total. The first-order chi connectivity index (χ1) is 15.2. The summed E-state index contributed by atoms with van der Waals surface area (Å²) in [6.07, 6.45) is -0.0309. The van der Waals surface area contributed by atoms with E-state index in [2.05, 4.69) is 56.0 Å². The Hall–Kier alpha value is -2.32. The van der Waals surface area contributed by atoms with Gasteiger partial charge in [0, 0.05) is 18.5 Å². The number of likely N-dealkylation sites (tertiary alicyclic amines) is 1. The topological polar surface area (TPSA) is 27.0 Å². The van der Waals surface area contributed by atoms with E-state index in [-0.39, 0.29) is 18.0 Å². The van der Waals surface area contributed by atoms with Crippen molar-refractivity contribution in [3.63, 3.8) is 0 Å². The minimum atomic E-state index is -4.34. The van der Waals surface area contributed by atoms with Gasteiger partial charge in [0.1, 0.15) is 0 Å². The van der Waals surface area contributed by atoms with Gasteiger partial charge in [-0.05, 0) is 74.2 Å². The molecule has 3 atom stereocenters. The lowest BCUT2D eigenvalue weighted by molar-refractivity contribution is -0.137. The zero-order valence-corrected chi connectivity index (χ0v) is 19.2. The molecule has 172 valence electrons. The standard InChI is InChI=1S/C27H33F3N2/c1-19(2)4-13-25(22-7-5-20(3)6-8-22)32-17-15-21(14-16-31)18-26(32)23-9-11-24(12-10-23)27(28,29)30/h5-12,19,21,25-26H,4,13-15,17-18H2,1-3H3/t21-,25-,26+/m1/s1. The molecule has 0 N–H and O–H groups in total. The normalized spacial score (nSPS) is 20.8. The zero-order valence-electron chi connectivity index (χ0n) is 19.2. The molecule has 0 spiro atoms. The van der Waals surface area contributed by atoms with Crippen molar-refractivity contribution in [3.05, 3.63) is 70.8 Å². The summed E-state index contributed by atoms with van der Waals surface area (Å²) in [5, 5.41) is 9.24. The maximum atomic E-state index is 13.1. The SMILES string of the molecule is Cc1ccc([C@@H](CCC(C)C)N2CC[C@@H](CC#N)C[C@H]2c2ccc(C(F)(F)F)cc2)cc1. The van der Waals surface area contributed by atoms with Crippen molar-refractivity contribution in [1.82, 2.24) is 4.90 Å². The third kappa shape index (κ3) is 6.13. The zero-order chi connectivity index (χ0) is 23.3. The number of hydrogen-bond donors (Lipinski definition) is 0. The van der Waals surface area contributed by atoms with E-state index in [9.17, 15) is 18.4 Å². The van der Waals surface area contributed by atoms with Crippen molar-refractivity contribution < 1.29 is 13.2 Å². The average molecular weight is 443 g/mol. The molecule has 0 unspecified atom stereocenters. The van der Waals surface area contributed by atoms with E-state index in [1.165, 1.54) is 23.3 Å². The van der Waals surface area contributed by atoms with Gasteiger partial charge < -0.3 is 0 Å². The van der Waals surface area contributed by atoms with Crippen LogP contribution in [0.4, 0.5) is 13.2 Å². The van der Waals surface area contributed by atoms with Crippen LogP contribution in [0.15, 0.2) is 48.5 Å². The van der Waals surface area contributed by atoms with Gasteiger partial charge in [-0.15, -0.1) is 0 Å². The Bertz CT molecular complexity index is 894. The molecular weight excluding hydrogens is 409 g/mol. The van der Waals surface area contributed by atoms with Crippen LogP contribution in [0.2, 0.25) is 0 Å². The molecule has 0 radical (unpaired) electrons. The van der Waals surface area contributed by atoms with Crippen LogP contribution in [0, 0.1) is 30.1 Å². The summed E-state index contributed by atoms with van der Waals surface area (Å²) in [4.78, 5) is 2.48. The lowest BCUT2D eigenvalue weighted by atomic mass is 9.82. The van der Waals surface area contributed by atoms with Crippen LogP contribution in [0.25, 0.3) is 0 Å². The number of piperidine rings is 1. The molecule has 0 amide bonds. The number of alkyl halides is 3. The molecule has 2 aromatic carbocycles. The van der Waals surface area contributed by atoms with Crippen molar-refractivity contribution in [2.45, 2.75) is 71.1 Å². The number of nitrogens with zero attached hydrogens (tertiary/aromatic N) is 2. The molecule has 32 heavy (non-hydrogen) atoms. The Morgan fingerprint density at radius 2 is 1.69 bits per heavy atom. The Morgan fingerprint density at radius 1 is 1.03 bits per heavy atom. The summed E-state index contributed by atoms with van der Waals surface area (Å²) in [6.45, 7) is 7.36. The van der Waals surface area contributed by atoms with Crippen molar-refractivity contribution in [2.75, 3.05) is 6.54 Å². The highest BCUT2D eigenvalue weighted by Gasteiger charge is 2.35. The quantitative estimate of drug-likeness (QED) is 0.436. The third-order valence-corrected chi connectivity index (χ3v) is 6.64. The lowest BCUT2D eigenvalue weighted by Gasteiger charge is -2.44. The highest BCUT2D eigenvalue weighted by molar-refractivity contribution is 5.29. The molecular formula is C27H33F3N2. The van der Waals surface area contributed by atoms with Gasteiger partial charge in [0.2, 0.25) is 0 Å². The van der Waals surface area contributed by atoms with Gasteiger partial charge >= 0.3 is 6.18 Å². The van der Waals surface area contributed by atoms with Crippen molar-refractivity contribution in [3.8, 4) is 6.07 Å². The second-order valence-corrected chi connectivity index (χ2v) is 9.52. The van der Waals surface area contributed by atoms with Crippen molar-refractivity contribution in [1.29, 1.82) is 5.26 Å². The highest BCUT2D eigenvalue weighted by atomic mass is 19.4. The van der Waals surface area contributed by atoms with Gasteiger partial charge in [-0.3, -0.25) is 4.90 Å². The summed E-state index contributed by atoms with van der Waals surface area (Å²) < 4.78 is 39.3. The number of halogens is 3. The van der Waals surface area contributed by atoms with Gasteiger partial charge in [0.25, 0.3) is 0 Å². The van der Waals surface area contributed by atoms with Crippen LogP contribution in [-0.2, 0) is 6.18 Å². The molecule has 1 fully saturated rings. The largest absolute Gasteiger partial charge is 0.416 e. The van der Waals surface area contributed by atoms with E-state index in [0.717, 1.165) is 37.8 Å². The molecule has 0 aliphatic carbocycles. The fourth-order valence-corrected chi connectivity index (χ4v) is 4.77. The van der Waals surface area contributed by atoms with Crippen molar-refractivity contribution >= 4 is 0 Å². The smallest absolute Gasteiger partial charge is 0.289 e. The van der Waals surface area contributed by atoms with Gasteiger partial charge in [-0.2, -0.15) is 18.4 Å². The predicted octanol–water partition coefficient (Wildman–Crippen LogP) is 7.86. The maximum Gasteiger partial charge on any atom is 0.416 e. The van der Waals surface area contributed by atoms with Gasteiger partial charge in [-0.25, -0.2) is 0 Å². The summed E-state index contributed by atoms with van der Waals surface area (Å²) in [7, 11) is 0. The van der Waals surface area contributed by atoms with Gasteiger partial charge in [0.05, 0.1) is 11.6 Å². The molecule has 0 aromatic heterocycles. The maximum absolute atomic E-state index is 13.1. The average Bonchev–Trinajstić information content (AvgIpc) is 2.75. The van der Waals surface area contributed by atoms with E-state index in [1.807, 2.05) is 0 Å². The third-order valence-electron chi connectivity index (χ3n) is 6.64. The van der Waals surface area contributed by atoms with Crippen LogP contribution < -0.4 is 0 Å². The van der Waals surface area contributed by atoms with Gasteiger partial charge in [-0.1, -0.05) is 55.8 Å². The van der Waals surface area contributed by atoms with Crippen LogP contribution in [0.1, 0.15) is 80.3 Å². The first kappa shape index (κ1) is 24.3. The molecule has 0 bridgehead atoms. The van der Waals surface area contributed by atoms with E-state index in [0.29, 0.717) is 12.3 Å². The Balaban J connectivity index is 1.96. The molecule has 1 aliphatic rings. The van der Waals surface area contributed by atoms with E-state index in [1.54, 1.807) is 12.1 Å². The summed E-state index contributed by atoms with van der Waals surface area (Å²) in [5.74, 6) is 0.843. The first-order valence-electron chi connectivity index (χ1n) is 11.6. The molecule has 0 saturated carbocycles. The summed E-state index contributed by atoms with van der Waals surface area (Å²) in [5.41, 5.74) is 2.75. The number of benzene rings is 2. The summed E-state index contributed by atoms with van der Waals surface area (Å²) in [6, 6.07) is 16.8. The Morgan fingerprint density at radius 3 is 2.25 bits per heavy atom. The van der Waals surface area contributed by atoms with Crippen LogP contribution in [-0.4, -0.2) is 11.4 Å². The monoisotopic (exact) mass is 442 g/mol. The molecule has 5 heteroatoms. The predicted molar refractivity (Wildman–Crippen MR) is 122 cm³/mol. The number of nitriles is 1. The number of rotatable bonds is 7. The van der Waals surface area contributed by atoms with Crippen molar-refractivity contribution in [2.24, 2.45) is 11.8 Å². The minimum absolute atomic E-state index is 0.00264. The summed E-state index contributed by atoms with van der Waals surface area (Å²) >= 11 is 0. The van der Waals surface area contributed by atoms with Crippen LogP contribution in [0.3, 0.4) is 0 Å². The Kier molecular flexibility index (Phi) is 8.00. The highest BCUT2D eigenvalue weighted by Crippen LogP contribution is 2.43. The van der Waals surface area contributed by atoms with Crippen LogP contribution >= 0.6 is 0 Å². The van der Waals surface area contributed by atoms with E-state index in [4.69, 9.17) is 0 Å². The van der Waals surface area contributed by atoms with Gasteiger partial charge in [0.15, 0.2) is 0 Å². The fourth-order valence-electron chi connectivity index (χ4n) is 4.77. The minimum Gasteiger partial charge on any atom is -0.289 e. The van der Waals surface area contributed by atoms with E-state index >= 15 is 0 Å². The second kappa shape index (κ2) is 10.5. The number of hydrogen-bond acceptors (Lipinski definition) is 2. The van der Waals surface area contributed by atoms with Crippen LogP contribution in [0.5, 0.6) is 0 Å². The first-order valence-corrected chi connectivity index (χ1v) is 11.6.